The number of alkyl halides is 6. The molecule has 0 aliphatic heterocycles. The maximum atomic E-state index is 13.0. The fourth-order valence-corrected chi connectivity index (χ4v) is 2.97. The van der Waals surface area contributed by atoms with Crippen molar-refractivity contribution in [1.29, 1.82) is 0 Å². The molecule has 0 fully saturated rings. The molecule has 1 atom stereocenters. The normalized spacial score (nSPS) is 13.0. The molecule has 0 radical (unpaired) electrons. The van der Waals surface area contributed by atoms with Gasteiger partial charge in [0, 0.05) is 17.6 Å². The third-order valence-corrected chi connectivity index (χ3v) is 4.56. The second-order valence-electron chi connectivity index (χ2n) is 6.99. The van der Waals surface area contributed by atoms with E-state index in [1.807, 2.05) is 13.0 Å². The summed E-state index contributed by atoms with van der Waals surface area (Å²) in [4.78, 5) is 16.4. The van der Waals surface area contributed by atoms with Crippen LogP contribution in [0.2, 0.25) is 0 Å². The number of pyridine rings is 1. The van der Waals surface area contributed by atoms with Crippen LogP contribution in [0.3, 0.4) is 0 Å². The number of hydrogen-bond acceptors (Lipinski definition) is 3. The lowest BCUT2D eigenvalue weighted by Gasteiger charge is -2.17. The van der Waals surface area contributed by atoms with Gasteiger partial charge in [0.15, 0.2) is 6.10 Å². The Morgan fingerprint density at radius 2 is 1.44 bits per heavy atom. The summed E-state index contributed by atoms with van der Waals surface area (Å²) in [7, 11) is 0. The van der Waals surface area contributed by atoms with Crippen LogP contribution >= 0.6 is 0 Å². The van der Waals surface area contributed by atoms with E-state index in [1.54, 1.807) is 24.4 Å². The number of aliphatic hydroxyl groups is 1. The fraction of sp³-hybridized carbons (Fsp3) is 0.182. The maximum Gasteiger partial charge on any atom is 0.416 e. The number of aliphatic hydroxyl groups excluding tert-OH is 1. The minimum atomic E-state index is -5.09. The molecule has 0 saturated heterocycles. The van der Waals surface area contributed by atoms with Crippen LogP contribution in [0.1, 0.15) is 28.5 Å². The van der Waals surface area contributed by atoms with Crippen LogP contribution in [-0.4, -0.2) is 16.0 Å². The Balaban J connectivity index is 1.82. The van der Waals surface area contributed by atoms with Crippen molar-refractivity contribution in [1.82, 2.24) is 4.98 Å². The van der Waals surface area contributed by atoms with Crippen molar-refractivity contribution in [2.45, 2.75) is 25.4 Å². The van der Waals surface area contributed by atoms with Gasteiger partial charge in [0.1, 0.15) is 0 Å². The summed E-state index contributed by atoms with van der Waals surface area (Å²) in [6.45, 7) is 1.82. The number of carbonyl (C=O) groups is 1. The molecule has 1 heterocycles. The van der Waals surface area contributed by atoms with Crippen LogP contribution in [0.25, 0.3) is 11.1 Å². The first-order chi connectivity index (χ1) is 14.8. The molecule has 2 N–H and O–H groups in total. The Hall–Kier alpha value is -3.40. The first-order valence-electron chi connectivity index (χ1n) is 9.16. The molecule has 0 aliphatic carbocycles. The average molecular weight is 454 g/mol. The van der Waals surface area contributed by atoms with Gasteiger partial charge in [0.25, 0.3) is 5.91 Å². The quantitative estimate of drug-likeness (QED) is 0.493. The van der Waals surface area contributed by atoms with Gasteiger partial charge in [-0.2, -0.15) is 26.3 Å². The van der Waals surface area contributed by atoms with Crippen LogP contribution in [0.4, 0.5) is 32.0 Å². The number of aryl methyl sites for hydroxylation is 1. The molecule has 3 rings (SSSR count). The van der Waals surface area contributed by atoms with E-state index >= 15 is 0 Å². The predicted octanol–water partition coefficient (Wildman–Crippen LogP) is 5.77. The van der Waals surface area contributed by atoms with E-state index in [0.29, 0.717) is 12.1 Å². The van der Waals surface area contributed by atoms with Crippen molar-refractivity contribution in [2.24, 2.45) is 0 Å². The van der Waals surface area contributed by atoms with Crippen LogP contribution in [-0.2, 0) is 17.1 Å². The highest BCUT2D eigenvalue weighted by Crippen LogP contribution is 2.37. The third kappa shape index (κ3) is 5.44. The summed E-state index contributed by atoms with van der Waals surface area (Å²) < 4.78 is 78.0. The van der Waals surface area contributed by atoms with Crippen LogP contribution in [0.15, 0.2) is 60.8 Å². The van der Waals surface area contributed by atoms with Crippen LogP contribution < -0.4 is 5.32 Å². The molecule has 168 valence electrons. The molecule has 1 amide bonds. The number of carbonyl (C=O) groups excluding carboxylic acids is 1. The SMILES string of the molecule is Cc1cc(-c2ccc(NC(=O)C(O)c3cc(C(F)(F)F)cc(C(F)(F)F)c3)cc2)ccn1. The van der Waals surface area contributed by atoms with E-state index in [4.69, 9.17) is 0 Å². The molecule has 4 nitrogen and oxygen atoms in total. The van der Waals surface area contributed by atoms with E-state index in [9.17, 15) is 36.2 Å². The second kappa shape index (κ2) is 8.62. The van der Waals surface area contributed by atoms with Gasteiger partial charge in [0.05, 0.1) is 11.1 Å². The number of rotatable bonds is 4. The highest BCUT2D eigenvalue weighted by Gasteiger charge is 2.38. The van der Waals surface area contributed by atoms with E-state index in [1.165, 1.54) is 12.1 Å². The van der Waals surface area contributed by atoms with Gasteiger partial charge in [-0.1, -0.05) is 12.1 Å². The van der Waals surface area contributed by atoms with Crippen LogP contribution in [0, 0.1) is 6.92 Å². The Labute approximate surface area is 178 Å². The Morgan fingerprint density at radius 3 is 1.94 bits per heavy atom. The number of aromatic nitrogens is 1. The zero-order valence-corrected chi connectivity index (χ0v) is 16.4. The first kappa shape index (κ1) is 23.3. The van der Waals surface area contributed by atoms with Crippen molar-refractivity contribution < 1.29 is 36.2 Å². The monoisotopic (exact) mass is 454 g/mol. The lowest BCUT2D eigenvalue weighted by Crippen LogP contribution is -2.22. The molecule has 32 heavy (non-hydrogen) atoms. The lowest BCUT2D eigenvalue weighted by molar-refractivity contribution is -0.143. The van der Waals surface area contributed by atoms with Gasteiger partial charge in [-0.3, -0.25) is 9.78 Å². The molecule has 0 saturated carbocycles. The molecule has 3 aromatic rings. The van der Waals surface area contributed by atoms with Gasteiger partial charge in [-0.05, 0) is 66.1 Å². The smallest absolute Gasteiger partial charge is 0.378 e. The molecule has 10 heteroatoms. The van der Waals surface area contributed by atoms with Gasteiger partial charge in [0.2, 0.25) is 0 Å². The summed E-state index contributed by atoms with van der Waals surface area (Å²) in [5, 5.41) is 12.4. The minimum absolute atomic E-state index is 0.0757. The van der Waals surface area contributed by atoms with Crippen molar-refractivity contribution in [3.05, 3.63) is 83.2 Å². The number of halogens is 6. The Bertz CT molecular complexity index is 1090. The van der Waals surface area contributed by atoms with Gasteiger partial charge >= 0.3 is 12.4 Å². The summed E-state index contributed by atoms with van der Waals surface area (Å²) >= 11 is 0. The van der Waals surface area contributed by atoms with Crippen molar-refractivity contribution >= 4 is 11.6 Å². The van der Waals surface area contributed by atoms with Gasteiger partial charge in [-0.15, -0.1) is 0 Å². The van der Waals surface area contributed by atoms with E-state index in [0.717, 1.165) is 16.8 Å². The Morgan fingerprint density at radius 1 is 0.875 bits per heavy atom. The second-order valence-corrected chi connectivity index (χ2v) is 6.99. The van der Waals surface area contributed by atoms with Crippen molar-refractivity contribution in [2.75, 3.05) is 5.32 Å². The summed E-state index contributed by atoms with van der Waals surface area (Å²) in [5.41, 5.74) is -1.42. The standard InChI is InChI=1S/C22H16F6N2O2/c1-12-8-14(6-7-29-12)13-2-4-18(5-3-13)30-20(32)19(31)15-9-16(21(23,24)25)11-17(10-15)22(26,27)28/h2-11,19,31H,1H3,(H,30,32). The summed E-state index contributed by atoms with van der Waals surface area (Å²) in [6, 6.07) is 10.5. The van der Waals surface area contributed by atoms with E-state index in [2.05, 4.69) is 10.3 Å². The van der Waals surface area contributed by atoms with E-state index in [-0.39, 0.29) is 11.8 Å². The molecular weight excluding hydrogens is 438 g/mol. The van der Waals surface area contributed by atoms with Gasteiger partial charge < -0.3 is 10.4 Å². The number of amides is 1. The zero-order chi connectivity index (χ0) is 23.7. The fourth-order valence-electron chi connectivity index (χ4n) is 2.97. The molecular formula is C22H16F6N2O2. The van der Waals surface area contributed by atoms with Crippen molar-refractivity contribution in [3.63, 3.8) is 0 Å². The molecule has 1 aromatic heterocycles. The average Bonchev–Trinajstić information content (AvgIpc) is 2.72. The molecule has 2 aromatic carbocycles. The molecule has 0 spiro atoms. The third-order valence-electron chi connectivity index (χ3n) is 4.56. The number of anilines is 1. The largest absolute Gasteiger partial charge is 0.416 e. The van der Waals surface area contributed by atoms with E-state index < -0.39 is 41.1 Å². The topological polar surface area (TPSA) is 62.2 Å². The predicted molar refractivity (Wildman–Crippen MR) is 104 cm³/mol. The van der Waals surface area contributed by atoms with Crippen molar-refractivity contribution in [3.8, 4) is 11.1 Å². The number of benzene rings is 2. The zero-order valence-electron chi connectivity index (χ0n) is 16.4. The maximum absolute atomic E-state index is 13.0. The summed E-state index contributed by atoms with van der Waals surface area (Å²) in [6.07, 6.45) is -10.8. The number of nitrogens with one attached hydrogen (secondary N) is 1. The highest BCUT2D eigenvalue weighted by atomic mass is 19.4. The Kier molecular flexibility index (Phi) is 6.27. The van der Waals surface area contributed by atoms with Crippen LogP contribution in [0.5, 0.6) is 0 Å². The van der Waals surface area contributed by atoms with Gasteiger partial charge in [-0.25, -0.2) is 0 Å². The first-order valence-corrected chi connectivity index (χ1v) is 9.16. The summed E-state index contributed by atoms with van der Waals surface area (Å²) in [5.74, 6) is -1.18. The minimum Gasteiger partial charge on any atom is -0.378 e. The number of hydrogen-bond donors (Lipinski definition) is 2. The molecule has 0 bridgehead atoms. The lowest BCUT2D eigenvalue weighted by atomic mass is 10.0. The highest BCUT2D eigenvalue weighted by molar-refractivity contribution is 5.95. The molecule has 1 unspecified atom stereocenters. The number of nitrogens with zero attached hydrogens (tertiary/aromatic N) is 1. The molecule has 0 aliphatic rings.